The van der Waals surface area contributed by atoms with Crippen LogP contribution in [0.5, 0.6) is 0 Å². The maximum atomic E-state index is 11.4. The lowest BCUT2D eigenvalue weighted by molar-refractivity contribution is -0.142. The number of likely N-dealkylation sites (tertiary alicyclic amines) is 1. The first-order valence-corrected chi connectivity index (χ1v) is 7.24. The fourth-order valence-corrected chi connectivity index (χ4v) is 3.05. The number of halogens is 1. The Bertz CT molecular complexity index is 467. The minimum absolute atomic E-state index is 0.109. The van der Waals surface area contributed by atoms with E-state index < -0.39 is 0 Å². The van der Waals surface area contributed by atoms with Gasteiger partial charge in [-0.2, -0.15) is 0 Å². The third-order valence-electron chi connectivity index (χ3n) is 3.62. The molecule has 2 rings (SSSR count). The Morgan fingerprint density at radius 2 is 2.30 bits per heavy atom. The highest BCUT2D eigenvalue weighted by atomic mass is 35.5. The van der Waals surface area contributed by atoms with Crippen molar-refractivity contribution in [3.8, 4) is 0 Å². The van der Waals surface area contributed by atoms with Crippen molar-refractivity contribution in [3.63, 3.8) is 0 Å². The van der Waals surface area contributed by atoms with Gasteiger partial charge in [-0.25, -0.2) is 0 Å². The van der Waals surface area contributed by atoms with E-state index in [4.69, 9.17) is 22.1 Å². The number of carbonyl (C=O) groups is 1. The molecule has 0 amide bonds. The van der Waals surface area contributed by atoms with Crippen LogP contribution in [-0.2, 0) is 16.1 Å². The van der Waals surface area contributed by atoms with Crippen LogP contribution in [0.4, 0.5) is 0 Å². The van der Waals surface area contributed by atoms with Crippen LogP contribution in [0, 0.1) is 5.92 Å². The summed E-state index contributed by atoms with van der Waals surface area (Å²) in [4.78, 5) is 13.7. The zero-order valence-electron chi connectivity index (χ0n) is 11.7. The van der Waals surface area contributed by atoms with E-state index in [-0.39, 0.29) is 17.9 Å². The van der Waals surface area contributed by atoms with Crippen molar-refractivity contribution >= 4 is 17.6 Å². The number of ether oxygens (including phenoxy) is 1. The molecule has 2 unspecified atom stereocenters. The minimum Gasteiger partial charge on any atom is -0.469 e. The number of carbonyl (C=O) groups excluding carboxylic acids is 1. The summed E-state index contributed by atoms with van der Waals surface area (Å²) >= 11 is 6.00. The van der Waals surface area contributed by atoms with E-state index in [0.717, 1.165) is 31.1 Å². The fourth-order valence-electron chi connectivity index (χ4n) is 2.84. The first kappa shape index (κ1) is 15.3. The molecule has 0 spiro atoms. The topological polar surface area (TPSA) is 55.6 Å². The Hall–Kier alpha value is -1.10. The molecule has 2 N–H and O–H groups in total. The van der Waals surface area contributed by atoms with E-state index >= 15 is 0 Å². The van der Waals surface area contributed by atoms with Gasteiger partial charge in [0.05, 0.1) is 7.11 Å². The van der Waals surface area contributed by atoms with Crippen LogP contribution in [0.3, 0.4) is 0 Å². The van der Waals surface area contributed by atoms with Crippen molar-refractivity contribution in [2.24, 2.45) is 11.7 Å². The van der Waals surface area contributed by atoms with Gasteiger partial charge in [-0.05, 0) is 30.0 Å². The van der Waals surface area contributed by atoms with Crippen molar-refractivity contribution in [1.82, 2.24) is 4.90 Å². The summed E-state index contributed by atoms with van der Waals surface area (Å²) in [5, 5.41) is 0.745. The second-order valence-corrected chi connectivity index (χ2v) is 5.90. The van der Waals surface area contributed by atoms with Gasteiger partial charge >= 0.3 is 5.97 Å². The molecule has 4 nitrogen and oxygen atoms in total. The van der Waals surface area contributed by atoms with E-state index in [0.29, 0.717) is 6.42 Å². The lowest BCUT2D eigenvalue weighted by atomic mass is 9.91. The molecule has 0 saturated carbocycles. The molecule has 0 bridgehead atoms. The highest BCUT2D eigenvalue weighted by molar-refractivity contribution is 6.30. The van der Waals surface area contributed by atoms with Crippen LogP contribution in [0.15, 0.2) is 24.3 Å². The molecule has 0 aliphatic carbocycles. The predicted octanol–water partition coefficient (Wildman–Crippen LogP) is 2.05. The number of piperidine rings is 1. The first-order valence-electron chi connectivity index (χ1n) is 6.86. The third-order valence-corrected chi connectivity index (χ3v) is 3.86. The van der Waals surface area contributed by atoms with Gasteiger partial charge in [0, 0.05) is 37.1 Å². The number of rotatable bonds is 4. The number of hydrogen-bond donors (Lipinski definition) is 1. The van der Waals surface area contributed by atoms with E-state index in [2.05, 4.69) is 11.0 Å². The Labute approximate surface area is 124 Å². The SMILES string of the molecule is COC(=O)CC1CC(N)CN(Cc2cccc(Cl)c2)C1. The molecule has 5 heteroatoms. The van der Waals surface area contributed by atoms with Crippen molar-refractivity contribution in [2.75, 3.05) is 20.2 Å². The number of benzene rings is 1. The zero-order chi connectivity index (χ0) is 14.5. The van der Waals surface area contributed by atoms with E-state index in [1.165, 1.54) is 12.7 Å². The average Bonchev–Trinajstić information content (AvgIpc) is 2.37. The molecule has 1 aliphatic heterocycles. The maximum absolute atomic E-state index is 11.4. The van der Waals surface area contributed by atoms with Gasteiger partial charge in [-0.15, -0.1) is 0 Å². The molecule has 2 atom stereocenters. The van der Waals surface area contributed by atoms with Gasteiger partial charge < -0.3 is 10.5 Å². The normalized spacial score (nSPS) is 23.6. The number of hydrogen-bond acceptors (Lipinski definition) is 4. The van der Waals surface area contributed by atoms with Crippen molar-refractivity contribution < 1.29 is 9.53 Å². The zero-order valence-corrected chi connectivity index (χ0v) is 12.5. The Balaban J connectivity index is 1.95. The summed E-state index contributed by atoms with van der Waals surface area (Å²) in [5.41, 5.74) is 7.27. The summed E-state index contributed by atoms with van der Waals surface area (Å²) in [5.74, 6) is 0.109. The van der Waals surface area contributed by atoms with Gasteiger partial charge in [0.2, 0.25) is 0 Å². The number of nitrogens with two attached hydrogens (primary N) is 1. The average molecular weight is 297 g/mol. The molecule has 1 aromatic carbocycles. The molecule has 1 heterocycles. The van der Waals surface area contributed by atoms with Crippen LogP contribution < -0.4 is 5.73 Å². The lowest BCUT2D eigenvalue weighted by Crippen LogP contribution is -2.47. The van der Waals surface area contributed by atoms with Crippen LogP contribution in [0.1, 0.15) is 18.4 Å². The van der Waals surface area contributed by atoms with E-state index in [1.54, 1.807) is 0 Å². The highest BCUT2D eigenvalue weighted by Gasteiger charge is 2.27. The summed E-state index contributed by atoms with van der Waals surface area (Å²) in [6, 6.07) is 7.95. The monoisotopic (exact) mass is 296 g/mol. The molecule has 0 radical (unpaired) electrons. The first-order chi connectivity index (χ1) is 9.56. The van der Waals surface area contributed by atoms with Gasteiger partial charge in [-0.1, -0.05) is 23.7 Å². The number of nitrogens with zero attached hydrogens (tertiary/aromatic N) is 1. The quantitative estimate of drug-likeness (QED) is 0.864. The number of methoxy groups -OCH3 is 1. The summed E-state index contributed by atoms with van der Waals surface area (Å²) in [6.45, 7) is 2.53. The summed E-state index contributed by atoms with van der Waals surface area (Å²) in [7, 11) is 1.43. The standard InChI is InChI=1S/C15H21ClN2O2/c1-20-15(19)7-12-6-14(17)10-18(9-12)8-11-3-2-4-13(16)5-11/h2-5,12,14H,6-10,17H2,1H3. The minimum atomic E-state index is -0.160. The van der Waals surface area contributed by atoms with Crippen molar-refractivity contribution in [3.05, 3.63) is 34.9 Å². The molecular formula is C15H21ClN2O2. The molecule has 0 aromatic heterocycles. The molecule has 110 valence electrons. The van der Waals surface area contributed by atoms with Crippen molar-refractivity contribution in [1.29, 1.82) is 0 Å². The lowest BCUT2D eigenvalue weighted by Gasteiger charge is -2.36. The molecule has 20 heavy (non-hydrogen) atoms. The van der Waals surface area contributed by atoms with Crippen LogP contribution in [-0.4, -0.2) is 37.1 Å². The molecule has 1 aliphatic rings. The van der Waals surface area contributed by atoms with Gasteiger partial charge in [0.1, 0.15) is 0 Å². The number of esters is 1. The van der Waals surface area contributed by atoms with E-state index in [9.17, 15) is 4.79 Å². The Kier molecular flexibility index (Phi) is 5.40. The molecule has 1 fully saturated rings. The third kappa shape index (κ3) is 4.47. The molecule has 1 aromatic rings. The second kappa shape index (κ2) is 7.07. The maximum Gasteiger partial charge on any atom is 0.305 e. The second-order valence-electron chi connectivity index (χ2n) is 5.47. The summed E-state index contributed by atoms with van der Waals surface area (Å²) in [6.07, 6.45) is 1.32. The molecular weight excluding hydrogens is 276 g/mol. The van der Waals surface area contributed by atoms with Gasteiger partial charge in [0.25, 0.3) is 0 Å². The highest BCUT2D eigenvalue weighted by Crippen LogP contribution is 2.22. The summed E-state index contributed by atoms with van der Waals surface area (Å²) < 4.78 is 4.74. The van der Waals surface area contributed by atoms with Crippen LogP contribution in [0.2, 0.25) is 5.02 Å². The van der Waals surface area contributed by atoms with E-state index in [1.807, 2.05) is 18.2 Å². The Morgan fingerprint density at radius 3 is 3.00 bits per heavy atom. The van der Waals surface area contributed by atoms with Gasteiger partial charge in [-0.3, -0.25) is 9.69 Å². The van der Waals surface area contributed by atoms with Crippen LogP contribution >= 0.6 is 11.6 Å². The Morgan fingerprint density at radius 1 is 1.50 bits per heavy atom. The van der Waals surface area contributed by atoms with Crippen molar-refractivity contribution in [2.45, 2.75) is 25.4 Å². The van der Waals surface area contributed by atoms with Crippen LogP contribution in [0.25, 0.3) is 0 Å². The fraction of sp³-hybridized carbons (Fsp3) is 0.533. The smallest absolute Gasteiger partial charge is 0.305 e. The predicted molar refractivity (Wildman–Crippen MR) is 79.4 cm³/mol. The van der Waals surface area contributed by atoms with Gasteiger partial charge in [0.15, 0.2) is 0 Å². The largest absolute Gasteiger partial charge is 0.469 e. The molecule has 1 saturated heterocycles.